The van der Waals surface area contributed by atoms with E-state index in [4.69, 9.17) is 0 Å². The van der Waals surface area contributed by atoms with E-state index in [9.17, 15) is 26.4 Å². The molecule has 0 radical (unpaired) electrons. The predicted molar refractivity (Wildman–Crippen MR) is 90.5 cm³/mol. The van der Waals surface area contributed by atoms with Crippen LogP contribution in [0.15, 0.2) is 18.5 Å². The summed E-state index contributed by atoms with van der Waals surface area (Å²) in [6, 6.07) is 0.583. The van der Waals surface area contributed by atoms with E-state index in [1.807, 2.05) is 0 Å². The Morgan fingerprint density at radius 1 is 1.41 bits per heavy atom. The van der Waals surface area contributed by atoms with Gasteiger partial charge in [-0.1, -0.05) is 0 Å². The van der Waals surface area contributed by atoms with Crippen LogP contribution in [-0.2, 0) is 10.0 Å². The van der Waals surface area contributed by atoms with E-state index in [1.54, 1.807) is 12.3 Å². The molecule has 0 bridgehead atoms. The molecule has 148 valence electrons. The number of fused-ring (bicyclic) bond motifs is 1. The molecule has 27 heavy (non-hydrogen) atoms. The molecular formula is C14H17F3N6O3S. The van der Waals surface area contributed by atoms with Crippen LogP contribution >= 0.6 is 0 Å². The van der Waals surface area contributed by atoms with E-state index in [0.29, 0.717) is 17.6 Å². The number of hydrogen-bond acceptors (Lipinski definition) is 5. The van der Waals surface area contributed by atoms with Crippen molar-refractivity contribution < 1.29 is 26.4 Å². The largest absolute Gasteiger partial charge is 0.390 e. The van der Waals surface area contributed by atoms with Crippen molar-refractivity contribution in [3.05, 3.63) is 18.5 Å². The van der Waals surface area contributed by atoms with Crippen LogP contribution in [-0.4, -0.2) is 64.8 Å². The second-order valence-corrected chi connectivity index (χ2v) is 8.18. The van der Waals surface area contributed by atoms with Gasteiger partial charge in [0.2, 0.25) is 10.0 Å². The third-order valence-corrected chi connectivity index (χ3v) is 5.86. The van der Waals surface area contributed by atoms with E-state index >= 15 is 0 Å². The average molecular weight is 406 g/mol. The van der Waals surface area contributed by atoms with Gasteiger partial charge in [0.1, 0.15) is 5.52 Å². The summed E-state index contributed by atoms with van der Waals surface area (Å²) in [6.07, 6.45) is -2.61. The monoisotopic (exact) mass is 406 g/mol. The Balaban J connectivity index is 1.52. The second kappa shape index (κ2) is 7.31. The fourth-order valence-electron chi connectivity index (χ4n) is 2.70. The first-order valence-electron chi connectivity index (χ1n) is 8.05. The van der Waals surface area contributed by atoms with Gasteiger partial charge >= 0.3 is 12.2 Å². The quantitative estimate of drug-likeness (QED) is 0.694. The third-order valence-electron chi connectivity index (χ3n) is 4.03. The van der Waals surface area contributed by atoms with Crippen molar-refractivity contribution in [2.24, 2.45) is 0 Å². The topological polar surface area (TPSA) is 120 Å². The van der Waals surface area contributed by atoms with Crippen LogP contribution in [0.1, 0.15) is 12.8 Å². The molecule has 0 saturated carbocycles. The van der Waals surface area contributed by atoms with Crippen LogP contribution < -0.4 is 10.6 Å². The highest BCUT2D eigenvalue weighted by Gasteiger charge is 2.36. The number of aromatic amines is 1. The number of nitrogens with zero attached hydrogens (tertiary/aromatic N) is 3. The minimum absolute atomic E-state index is 0.0558. The van der Waals surface area contributed by atoms with Crippen LogP contribution in [0.3, 0.4) is 0 Å². The molecule has 1 saturated heterocycles. The maximum absolute atomic E-state index is 12.2. The zero-order valence-corrected chi connectivity index (χ0v) is 14.8. The fourth-order valence-corrected chi connectivity index (χ4v) is 4.24. The normalized spacial score (nSPS) is 18.7. The van der Waals surface area contributed by atoms with E-state index < -0.39 is 40.4 Å². The number of amides is 2. The fraction of sp³-hybridized carbons (Fsp3) is 0.500. The van der Waals surface area contributed by atoms with E-state index in [-0.39, 0.29) is 18.9 Å². The number of nitrogens with one attached hydrogen (secondary N) is 3. The summed E-state index contributed by atoms with van der Waals surface area (Å²) in [5, 5.41) is 5.08. The van der Waals surface area contributed by atoms with Gasteiger partial charge in [0.25, 0.3) is 0 Å². The van der Waals surface area contributed by atoms with Crippen LogP contribution in [0.5, 0.6) is 0 Å². The molecule has 3 heterocycles. The van der Waals surface area contributed by atoms with Gasteiger partial charge < -0.3 is 10.3 Å². The first-order chi connectivity index (χ1) is 12.6. The average Bonchev–Trinajstić information content (AvgIpc) is 3.21. The molecule has 1 unspecified atom stereocenters. The SMILES string of the molecule is O=C(Nc1cnc2[nH]ccc2n1)NC1CCN(S(=O)(=O)CCC(F)(F)F)C1. The Labute approximate surface area is 152 Å². The molecule has 3 rings (SSSR count). The zero-order chi connectivity index (χ0) is 19.7. The van der Waals surface area contributed by atoms with Crippen LogP contribution in [0.2, 0.25) is 0 Å². The molecule has 0 aromatic carbocycles. The third kappa shape index (κ3) is 5.07. The van der Waals surface area contributed by atoms with E-state index in [0.717, 1.165) is 4.31 Å². The van der Waals surface area contributed by atoms with Crippen molar-refractivity contribution in [2.75, 3.05) is 24.2 Å². The number of rotatable bonds is 5. The number of urea groups is 1. The van der Waals surface area contributed by atoms with Crippen LogP contribution in [0.4, 0.5) is 23.8 Å². The maximum Gasteiger partial charge on any atom is 0.390 e. The molecule has 1 aliphatic rings. The van der Waals surface area contributed by atoms with Gasteiger partial charge in [-0.2, -0.15) is 17.5 Å². The van der Waals surface area contributed by atoms with Crippen LogP contribution in [0, 0.1) is 0 Å². The number of anilines is 1. The molecule has 1 fully saturated rings. The predicted octanol–water partition coefficient (Wildman–Crippen LogP) is 1.44. The first-order valence-corrected chi connectivity index (χ1v) is 9.65. The summed E-state index contributed by atoms with van der Waals surface area (Å²) in [4.78, 5) is 23.1. The summed E-state index contributed by atoms with van der Waals surface area (Å²) in [5.41, 5.74) is 1.13. The number of halogens is 3. The molecular weight excluding hydrogens is 389 g/mol. The van der Waals surface area contributed by atoms with Crippen molar-refractivity contribution in [3.8, 4) is 0 Å². The molecule has 2 aromatic heterocycles. The van der Waals surface area contributed by atoms with Gasteiger partial charge in [-0.15, -0.1) is 0 Å². The first kappa shape index (κ1) is 19.4. The highest BCUT2D eigenvalue weighted by Crippen LogP contribution is 2.23. The minimum atomic E-state index is -4.54. The Kier molecular flexibility index (Phi) is 5.24. The lowest BCUT2D eigenvalue weighted by atomic mass is 10.3. The molecule has 2 aromatic rings. The number of alkyl halides is 3. The van der Waals surface area contributed by atoms with Crippen molar-refractivity contribution >= 4 is 33.0 Å². The Morgan fingerprint density at radius 3 is 2.93 bits per heavy atom. The van der Waals surface area contributed by atoms with Crippen molar-refractivity contribution in [1.29, 1.82) is 0 Å². The Morgan fingerprint density at radius 2 is 2.19 bits per heavy atom. The summed E-state index contributed by atoms with van der Waals surface area (Å²) < 4.78 is 61.7. The summed E-state index contributed by atoms with van der Waals surface area (Å²) in [6.45, 7) is -0.0175. The molecule has 1 atom stereocenters. The van der Waals surface area contributed by atoms with Gasteiger partial charge in [-0.3, -0.25) is 5.32 Å². The summed E-state index contributed by atoms with van der Waals surface area (Å²) >= 11 is 0. The van der Waals surface area contributed by atoms with E-state index in [2.05, 4.69) is 25.6 Å². The summed E-state index contributed by atoms with van der Waals surface area (Å²) in [7, 11) is -4.02. The zero-order valence-electron chi connectivity index (χ0n) is 14.0. The number of H-pyrrole nitrogens is 1. The molecule has 1 aliphatic heterocycles. The highest BCUT2D eigenvalue weighted by atomic mass is 32.2. The lowest BCUT2D eigenvalue weighted by Crippen LogP contribution is -2.41. The second-order valence-electron chi connectivity index (χ2n) is 6.09. The number of hydrogen-bond donors (Lipinski definition) is 3. The maximum atomic E-state index is 12.2. The summed E-state index contributed by atoms with van der Waals surface area (Å²) in [5.74, 6) is -0.783. The van der Waals surface area contributed by atoms with Gasteiger partial charge in [-0.05, 0) is 12.5 Å². The van der Waals surface area contributed by atoms with Gasteiger partial charge in [-0.25, -0.2) is 23.2 Å². The molecule has 13 heteroatoms. The van der Waals surface area contributed by atoms with Crippen molar-refractivity contribution in [1.82, 2.24) is 24.6 Å². The molecule has 0 aliphatic carbocycles. The number of carbonyl (C=O) groups is 1. The smallest absolute Gasteiger partial charge is 0.345 e. The molecule has 3 N–H and O–H groups in total. The van der Waals surface area contributed by atoms with Crippen molar-refractivity contribution in [2.45, 2.75) is 25.1 Å². The van der Waals surface area contributed by atoms with Gasteiger partial charge in [0.15, 0.2) is 11.5 Å². The van der Waals surface area contributed by atoms with E-state index in [1.165, 1.54) is 6.20 Å². The number of sulfonamides is 1. The number of carbonyl (C=O) groups excluding carboxylic acids is 1. The minimum Gasteiger partial charge on any atom is -0.345 e. The van der Waals surface area contributed by atoms with Crippen LogP contribution in [0.25, 0.3) is 11.2 Å². The Bertz CT molecular complexity index is 930. The lowest BCUT2D eigenvalue weighted by molar-refractivity contribution is -0.130. The number of aromatic nitrogens is 3. The highest BCUT2D eigenvalue weighted by molar-refractivity contribution is 7.89. The molecule has 9 nitrogen and oxygen atoms in total. The molecule has 2 amide bonds. The molecule has 0 spiro atoms. The lowest BCUT2D eigenvalue weighted by Gasteiger charge is -2.17. The Hall–Kier alpha value is -2.41. The van der Waals surface area contributed by atoms with Gasteiger partial charge in [0.05, 0.1) is 18.4 Å². The van der Waals surface area contributed by atoms with Gasteiger partial charge in [0, 0.05) is 25.3 Å². The standard InChI is InChI=1S/C14H17F3N6O3S/c15-14(16,17)3-6-27(25,26)23-5-2-9(8-23)20-13(24)22-11-7-19-12-10(21-11)1-4-18-12/h1,4,7,9H,2-3,5-6,8H2,(H,18,19)(H2,20,21,22,24). The van der Waals surface area contributed by atoms with Crippen molar-refractivity contribution in [3.63, 3.8) is 0 Å².